The maximum atomic E-state index is 14.2. The molecule has 2 aromatic carbocycles. The molecule has 0 amide bonds. The minimum absolute atomic E-state index is 0.0641. The average molecular weight is 283 g/mol. The van der Waals surface area contributed by atoms with E-state index in [-0.39, 0.29) is 17.9 Å². The summed E-state index contributed by atoms with van der Waals surface area (Å²) in [5, 5.41) is 14.5. The van der Waals surface area contributed by atoms with E-state index in [1.165, 1.54) is 6.07 Å². The molecule has 0 aliphatic heterocycles. The minimum Gasteiger partial charge on any atom is -0.409 e. The fraction of sp³-hybridized carbons (Fsp3) is 0.0625. The highest BCUT2D eigenvalue weighted by atomic mass is 19.1. The number of halogens is 1. The van der Waals surface area contributed by atoms with Crippen molar-refractivity contribution in [1.82, 2.24) is 0 Å². The number of rotatable bonds is 4. The van der Waals surface area contributed by atoms with Crippen molar-refractivity contribution in [2.24, 2.45) is 10.9 Å². The van der Waals surface area contributed by atoms with Crippen molar-refractivity contribution in [2.45, 2.75) is 6.54 Å². The zero-order valence-electron chi connectivity index (χ0n) is 11.2. The van der Waals surface area contributed by atoms with Crippen LogP contribution in [0.15, 0.2) is 47.6 Å². The standard InChI is InChI=1S/C16H14FN3O/c1-2-11-5-3-7-13(9-11)19-10-12-6-4-8-14(15(12)17)16(18)20-21/h1,3-9,19,21H,10H2,(H2,18,20). The molecule has 0 aliphatic rings. The van der Waals surface area contributed by atoms with E-state index in [0.29, 0.717) is 5.56 Å². The fourth-order valence-corrected chi connectivity index (χ4v) is 1.88. The normalized spacial score (nSPS) is 11.0. The molecule has 106 valence electrons. The van der Waals surface area contributed by atoms with Gasteiger partial charge in [0.25, 0.3) is 0 Å². The van der Waals surface area contributed by atoms with E-state index in [0.717, 1.165) is 11.3 Å². The Labute approximate surface area is 122 Å². The lowest BCUT2D eigenvalue weighted by atomic mass is 10.1. The molecule has 0 aliphatic carbocycles. The summed E-state index contributed by atoms with van der Waals surface area (Å²) in [6, 6.07) is 12.0. The third kappa shape index (κ3) is 3.31. The number of hydrogen-bond donors (Lipinski definition) is 3. The first kappa shape index (κ1) is 14.4. The summed E-state index contributed by atoms with van der Waals surface area (Å²) in [6.45, 7) is 0.256. The van der Waals surface area contributed by atoms with Crippen molar-refractivity contribution in [3.05, 3.63) is 65.0 Å². The van der Waals surface area contributed by atoms with Crippen molar-refractivity contribution in [3.63, 3.8) is 0 Å². The molecule has 0 bridgehead atoms. The summed E-state index contributed by atoms with van der Waals surface area (Å²) in [5.74, 6) is 1.75. The highest BCUT2D eigenvalue weighted by Gasteiger charge is 2.11. The van der Waals surface area contributed by atoms with Crippen LogP contribution in [-0.4, -0.2) is 11.0 Å². The molecule has 0 heterocycles. The van der Waals surface area contributed by atoms with Gasteiger partial charge < -0.3 is 16.3 Å². The quantitative estimate of drug-likeness (QED) is 0.265. The number of anilines is 1. The van der Waals surface area contributed by atoms with Crippen LogP contribution >= 0.6 is 0 Å². The number of terminal acetylenes is 1. The monoisotopic (exact) mass is 283 g/mol. The van der Waals surface area contributed by atoms with Gasteiger partial charge in [-0.05, 0) is 24.3 Å². The number of benzene rings is 2. The van der Waals surface area contributed by atoms with Crippen LogP contribution in [0.3, 0.4) is 0 Å². The Morgan fingerprint density at radius 1 is 1.33 bits per heavy atom. The topological polar surface area (TPSA) is 70.6 Å². The molecule has 4 nitrogen and oxygen atoms in total. The summed E-state index contributed by atoms with van der Waals surface area (Å²) >= 11 is 0. The lowest BCUT2D eigenvalue weighted by Gasteiger charge is -2.10. The summed E-state index contributed by atoms with van der Waals surface area (Å²) in [5.41, 5.74) is 7.43. The van der Waals surface area contributed by atoms with Gasteiger partial charge in [-0.2, -0.15) is 0 Å². The van der Waals surface area contributed by atoms with Crippen LogP contribution in [-0.2, 0) is 6.54 Å². The first-order valence-corrected chi connectivity index (χ1v) is 6.21. The van der Waals surface area contributed by atoms with E-state index < -0.39 is 5.82 Å². The zero-order chi connectivity index (χ0) is 15.2. The largest absolute Gasteiger partial charge is 0.409 e. The van der Waals surface area contributed by atoms with Crippen LogP contribution in [0.4, 0.5) is 10.1 Å². The van der Waals surface area contributed by atoms with Gasteiger partial charge in [-0.1, -0.05) is 29.3 Å². The molecular formula is C16H14FN3O. The Morgan fingerprint density at radius 3 is 2.81 bits per heavy atom. The van der Waals surface area contributed by atoms with E-state index in [4.69, 9.17) is 17.4 Å². The second kappa shape index (κ2) is 6.44. The smallest absolute Gasteiger partial charge is 0.173 e. The fourth-order valence-electron chi connectivity index (χ4n) is 1.88. The van der Waals surface area contributed by atoms with Crippen molar-refractivity contribution < 1.29 is 9.60 Å². The van der Waals surface area contributed by atoms with Crippen LogP contribution in [0.5, 0.6) is 0 Å². The molecule has 0 spiro atoms. The Kier molecular flexibility index (Phi) is 4.42. The highest BCUT2D eigenvalue weighted by molar-refractivity contribution is 5.97. The number of hydrogen-bond acceptors (Lipinski definition) is 3. The number of oxime groups is 1. The van der Waals surface area contributed by atoms with Gasteiger partial charge in [-0.15, -0.1) is 6.42 Å². The molecule has 0 radical (unpaired) electrons. The van der Waals surface area contributed by atoms with Gasteiger partial charge in [0, 0.05) is 23.4 Å². The predicted octanol–water partition coefficient (Wildman–Crippen LogP) is 2.51. The summed E-state index contributed by atoms with van der Waals surface area (Å²) < 4.78 is 14.2. The van der Waals surface area contributed by atoms with Crippen LogP contribution in [0, 0.1) is 18.2 Å². The molecule has 2 aromatic rings. The maximum absolute atomic E-state index is 14.2. The second-order valence-corrected chi connectivity index (χ2v) is 4.34. The molecule has 4 N–H and O–H groups in total. The van der Waals surface area contributed by atoms with Gasteiger partial charge in [-0.25, -0.2) is 4.39 Å². The Morgan fingerprint density at radius 2 is 2.10 bits per heavy atom. The lowest BCUT2D eigenvalue weighted by molar-refractivity contribution is 0.318. The third-order valence-electron chi connectivity index (χ3n) is 2.97. The van der Waals surface area contributed by atoms with Crippen molar-refractivity contribution >= 4 is 11.5 Å². The van der Waals surface area contributed by atoms with E-state index in [2.05, 4.69) is 16.4 Å². The average Bonchev–Trinajstić information content (AvgIpc) is 2.53. The van der Waals surface area contributed by atoms with Gasteiger partial charge in [0.1, 0.15) is 5.82 Å². The number of amidine groups is 1. The van der Waals surface area contributed by atoms with Crippen molar-refractivity contribution in [2.75, 3.05) is 5.32 Å². The first-order valence-electron chi connectivity index (χ1n) is 6.21. The van der Waals surface area contributed by atoms with E-state index in [1.807, 2.05) is 18.2 Å². The van der Waals surface area contributed by atoms with E-state index >= 15 is 0 Å². The van der Waals surface area contributed by atoms with Crippen molar-refractivity contribution in [1.29, 1.82) is 0 Å². The molecule has 0 fully saturated rings. The predicted molar refractivity (Wildman–Crippen MR) is 80.6 cm³/mol. The molecule has 0 saturated heterocycles. The molecule has 0 saturated carbocycles. The summed E-state index contributed by atoms with van der Waals surface area (Å²) in [6.07, 6.45) is 5.33. The molecular weight excluding hydrogens is 269 g/mol. The second-order valence-electron chi connectivity index (χ2n) is 4.34. The number of nitrogens with one attached hydrogen (secondary N) is 1. The number of nitrogens with zero attached hydrogens (tertiary/aromatic N) is 1. The lowest BCUT2D eigenvalue weighted by Crippen LogP contribution is -2.16. The minimum atomic E-state index is -0.520. The van der Waals surface area contributed by atoms with E-state index in [1.54, 1.807) is 18.2 Å². The molecule has 0 atom stereocenters. The van der Waals surface area contributed by atoms with Crippen LogP contribution in [0.1, 0.15) is 16.7 Å². The van der Waals surface area contributed by atoms with Gasteiger partial charge in [0.15, 0.2) is 5.84 Å². The third-order valence-corrected chi connectivity index (χ3v) is 2.97. The van der Waals surface area contributed by atoms with Gasteiger partial charge >= 0.3 is 0 Å². The molecule has 0 unspecified atom stereocenters. The van der Waals surface area contributed by atoms with Crippen LogP contribution in [0.25, 0.3) is 0 Å². The Hall–Kier alpha value is -3.00. The van der Waals surface area contributed by atoms with Gasteiger partial charge in [0.2, 0.25) is 0 Å². The van der Waals surface area contributed by atoms with Gasteiger partial charge in [-0.3, -0.25) is 0 Å². The molecule has 21 heavy (non-hydrogen) atoms. The summed E-state index contributed by atoms with van der Waals surface area (Å²) in [4.78, 5) is 0. The Balaban J connectivity index is 2.19. The van der Waals surface area contributed by atoms with Crippen molar-refractivity contribution in [3.8, 4) is 12.3 Å². The summed E-state index contributed by atoms with van der Waals surface area (Å²) in [7, 11) is 0. The zero-order valence-corrected chi connectivity index (χ0v) is 11.2. The van der Waals surface area contributed by atoms with Gasteiger partial charge in [0.05, 0.1) is 5.56 Å². The molecule has 0 aromatic heterocycles. The van der Waals surface area contributed by atoms with E-state index in [9.17, 15) is 4.39 Å². The highest BCUT2D eigenvalue weighted by Crippen LogP contribution is 2.16. The van der Waals surface area contributed by atoms with Crippen LogP contribution in [0.2, 0.25) is 0 Å². The molecule has 2 rings (SSSR count). The van der Waals surface area contributed by atoms with Crippen LogP contribution < -0.4 is 11.1 Å². The SMILES string of the molecule is C#Cc1cccc(NCc2cccc(/C(N)=N\O)c2F)c1. The first-order chi connectivity index (χ1) is 10.2. The Bertz CT molecular complexity index is 720. The molecule has 5 heteroatoms. The number of nitrogens with two attached hydrogens (primary N) is 1. The maximum Gasteiger partial charge on any atom is 0.173 e.